The molecule has 1 unspecified atom stereocenters. The zero-order chi connectivity index (χ0) is 14.2. The van der Waals surface area contributed by atoms with Crippen LogP contribution in [0.1, 0.15) is 44.8 Å². The van der Waals surface area contributed by atoms with Gasteiger partial charge in [-0.2, -0.15) is 0 Å². The van der Waals surface area contributed by atoms with Crippen LogP contribution in [0.4, 0.5) is 0 Å². The van der Waals surface area contributed by atoms with E-state index < -0.39 is 0 Å². The predicted molar refractivity (Wildman–Crippen MR) is 83.3 cm³/mol. The van der Waals surface area contributed by atoms with Gasteiger partial charge in [-0.3, -0.25) is 4.98 Å². The van der Waals surface area contributed by atoms with Gasteiger partial charge in [0, 0.05) is 6.42 Å². The summed E-state index contributed by atoms with van der Waals surface area (Å²) in [6.45, 7) is 5.03. The Morgan fingerprint density at radius 3 is 2.80 bits per heavy atom. The maximum Gasteiger partial charge on any atom is 0.0890 e. The number of aromatic nitrogens is 2. The third kappa shape index (κ3) is 3.79. The van der Waals surface area contributed by atoms with Crippen molar-refractivity contribution >= 4 is 11.0 Å². The zero-order valence-corrected chi connectivity index (χ0v) is 12.2. The minimum atomic E-state index is 0.230. The second kappa shape index (κ2) is 7.62. The number of para-hydroxylation sites is 2. The molecule has 0 saturated carbocycles. The van der Waals surface area contributed by atoms with Gasteiger partial charge in [0.1, 0.15) is 0 Å². The molecule has 0 aliphatic rings. The SMILES string of the molecule is CC#CCCC(NCCC)c1cnc2ccccc2n1. The van der Waals surface area contributed by atoms with E-state index in [9.17, 15) is 0 Å². The molecule has 0 saturated heterocycles. The van der Waals surface area contributed by atoms with Crippen molar-refractivity contribution in [2.45, 2.75) is 39.2 Å². The van der Waals surface area contributed by atoms with Gasteiger partial charge in [0.05, 0.1) is 29.0 Å². The Morgan fingerprint density at radius 1 is 1.25 bits per heavy atom. The molecule has 2 rings (SSSR count). The molecule has 0 spiro atoms. The molecule has 1 aromatic heterocycles. The lowest BCUT2D eigenvalue weighted by Gasteiger charge is -2.17. The van der Waals surface area contributed by atoms with Gasteiger partial charge in [0.15, 0.2) is 0 Å². The molecular formula is C17H21N3. The van der Waals surface area contributed by atoms with Gasteiger partial charge in [-0.1, -0.05) is 19.1 Å². The summed E-state index contributed by atoms with van der Waals surface area (Å²) >= 11 is 0. The normalized spacial score (nSPS) is 11.9. The molecule has 1 aromatic carbocycles. The minimum Gasteiger partial charge on any atom is -0.309 e. The van der Waals surface area contributed by atoms with E-state index in [-0.39, 0.29) is 6.04 Å². The lowest BCUT2D eigenvalue weighted by atomic mass is 10.1. The Morgan fingerprint density at radius 2 is 2.05 bits per heavy atom. The Bertz CT molecular complexity index is 610. The van der Waals surface area contributed by atoms with E-state index in [4.69, 9.17) is 4.98 Å². The highest BCUT2D eigenvalue weighted by Crippen LogP contribution is 2.18. The molecule has 0 bridgehead atoms. The van der Waals surface area contributed by atoms with E-state index in [2.05, 4.69) is 29.1 Å². The van der Waals surface area contributed by atoms with Crippen LogP contribution in [0, 0.1) is 11.8 Å². The van der Waals surface area contributed by atoms with E-state index in [0.29, 0.717) is 0 Å². The van der Waals surface area contributed by atoms with Gasteiger partial charge in [0.25, 0.3) is 0 Å². The molecule has 2 aromatic rings. The first-order valence-corrected chi connectivity index (χ1v) is 7.19. The summed E-state index contributed by atoms with van der Waals surface area (Å²) in [6.07, 6.45) is 4.84. The average Bonchev–Trinajstić information content (AvgIpc) is 2.50. The number of benzene rings is 1. The van der Waals surface area contributed by atoms with Gasteiger partial charge in [-0.15, -0.1) is 11.8 Å². The van der Waals surface area contributed by atoms with Crippen molar-refractivity contribution in [3.05, 3.63) is 36.2 Å². The third-order valence-corrected chi connectivity index (χ3v) is 3.20. The van der Waals surface area contributed by atoms with Crippen LogP contribution >= 0.6 is 0 Å². The van der Waals surface area contributed by atoms with E-state index in [1.54, 1.807) is 0 Å². The Balaban J connectivity index is 2.21. The summed E-state index contributed by atoms with van der Waals surface area (Å²) in [6, 6.07) is 8.21. The predicted octanol–water partition coefficient (Wildman–Crippen LogP) is 3.47. The summed E-state index contributed by atoms with van der Waals surface area (Å²) in [4.78, 5) is 9.23. The number of hydrogen-bond acceptors (Lipinski definition) is 3. The number of nitrogens with one attached hydrogen (secondary N) is 1. The van der Waals surface area contributed by atoms with Crippen molar-refractivity contribution < 1.29 is 0 Å². The standard InChI is InChI=1S/C17H21N3/c1-3-5-6-9-15(18-12-4-2)17-13-19-14-10-7-8-11-16(14)20-17/h7-8,10-11,13,15,18H,4,6,9,12H2,1-2H3. The molecule has 0 fully saturated rings. The summed E-state index contributed by atoms with van der Waals surface area (Å²) in [7, 11) is 0. The van der Waals surface area contributed by atoms with Crippen molar-refractivity contribution in [3.8, 4) is 11.8 Å². The van der Waals surface area contributed by atoms with Crippen LogP contribution in [0.25, 0.3) is 11.0 Å². The van der Waals surface area contributed by atoms with Crippen LogP contribution in [0.3, 0.4) is 0 Å². The molecule has 1 N–H and O–H groups in total. The van der Waals surface area contributed by atoms with Gasteiger partial charge in [0.2, 0.25) is 0 Å². The Kier molecular flexibility index (Phi) is 5.52. The quantitative estimate of drug-likeness (QED) is 0.814. The fourth-order valence-corrected chi connectivity index (χ4v) is 2.15. The minimum absolute atomic E-state index is 0.230. The largest absolute Gasteiger partial charge is 0.309 e. The lowest BCUT2D eigenvalue weighted by Crippen LogP contribution is -2.23. The fourth-order valence-electron chi connectivity index (χ4n) is 2.15. The van der Waals surface area contributed by atoms with E-state index >= 15 is 0 Å². The van der Waals surface area contributed by atoms with Gasteiger partial charge >= 0.3 is 0 Å². The first-order valence-electron chi connectivity index (χ1n) is 7.19. The molecule has 1 atom stereocenters. The fraction of sp³-hybridized carbons (Fsp3) is 0.412. The monoisotopic (exact) mass is 267 g/mol. The Labute approximate surface area is 120 Å². The van der Waals surface area contributed by atoms with Crippen molar-refractivity contribution in [1.82, 2.24) is 15.3 Å². The molecule has 104 valence electrons. The molecule has 0 aliphatic carbocycles. The lowest BCUT2D eigenvalue weighted by molar-refractivity contribution is 0.495. The van der Waals surface area contributed by atoms with Crippen LogP contribution in [0.5, 0.6) is 0 Å². The van der Waals surface area contributed by atoms with Crippen LogP contribution in [0.15, 0.2) is 30.5 Å². The van der Waals surface area contributed by atoms with Crippen molar-refractivity contribution in [2.75, 3.05) is 6.54 Å². The van der Waals surface area contributed by atoms with E-state index in [1.165, 1.54) is 0 Å². The molecule has 0 radical (unpaired) electrons. The van der Waals surface area contributed by atoms with Crippen LogP contribution in [-0.4, -0.2) is 16.5 Å². The Hall–Kier alpha value is -1.92. The molecule has 0 amide bonds. The number of hydrogen-bond donors (Lipinski definition) is 1. The second-order valence-corrected chi connectivity index (χ2v) is 4.76. The molecule has 1 heterocycles. The topological polar surface area (TPSA) is 37.8 Å². The molecular weight excluding hydrogens is 246 g/mol. The van der Waals surface area contributed by atoms with Crippen LogP contribution in [0.2, 0.25) is 0 Å². The van der Waals surface area contributed by atoms with Crippen molar-refractivity contribution in [3.63, 3.8) is 0 Å². The maximum absolute atomic E-state index is 4.73. The molecule has 0 aliphatic heterocycles. The maximum atomic E-state index is 4.73. The number of rotatable bonds is 6. The zero-order valence-electron chi connectivity index (χ0n) is 12.2. The highest BCUT2D eigenvalue weighted by Gasteiger charge is 2.12. The summed E-state index contributed by atoms with van der Waals surface area (Å²) in [5.74, 6) is 6.07. The van der Waals surface area contributed by atoms with E-state index in [1.807, 2.05) is 37.4 Å². The van der Waals surface area contributed by atoms with Crippen molar-refractivity contribution in [1.29, 1.82) is 0 Å². The van der Waals surface area contributed by atoms with Crippen LogP contribution < -0.4 is 5.32 Å². The summed E-state index contributed by atoms with van der Waals surface area (Å²) in [5, 5.41) is 3.54. The first-order chi connectivity index (χ1) is 9.85. The van der Waals surface area contributed by atoms with Gasteiger partial charge < -0.3 is 5.32 Å². The third-order valence-electron chi connectivity index (χ3n) is 3.20. The number of fused-ring (bicyclic) bond motifs is 1. The van der Waals surface area contributed by atoms with E-state index in [0.717, 1.165) is 42.5 Å². The average molecular weight is 267 g/mol. The molecule has 3 heteroatoms. The number of nitrogens with zero attached hydrogens (tertiary/aromatic N) is 2. The molecule has 20 heavy (non-hydrogen) atoms. The van der Waals surface area contributed by atoms with Crippen LogP contribution in [-0.2, 0) is 0 Å². The summed E-state index contributed by atoms with van der Waals surface area (Å²) in [5.41, 5.74) is 2.91. The van der Waals surface area contributed by atoms with Gasteiger partial charge in [-0.05, 0) is 38.4 Å². The molecule has 3 nitrogen and oxygen atoms in total. The highest BCUT2D eigenvalue weighted by molar-refractivity contribution is 5.73. The second-order valence-electron chi connectivity index (χ2n) is 4.76. The highest BCUT2D eigenvalue weighted by atomic mass is 14.9. The summed E-state index contributed by atoms with van der Waals surface area (Å²) < 4.78 is 0. The van der Waals surface area contributed by atoms with Gasteiger partial charge in [-0.25, -0.2) is 4.98 Å². The smallest absolute Gasteiger partial charge is 0.0890 e. The first kappa shape index (κ1) is 14.5. The van der Waals surface area contributed by atoms with Crippen molar-refractivity contribution in [2.24, 2.45) is 0 Å².